The quantitative estimate of drug-likeness (QED) is 0.598. The van der Waals surface area contributed by atoms with Crippen molar-refractivity contribution < 1.29 is 14.2 Å². The highest BCUT2D eigenvalue weighted by Crippen LogP contribution is 2.35. The van der Waals surface area contributed by atoms with Crippen LogP contribution in [0.3, 0.4) is 0 Å². The Morgan fingerprint density at radius 3 is 2.42 bits per heavy atom. The van der Waals surface area contributed by atoms with Gasteiger partial charge < -0.3 is 14.2 Å². The Kier molecular flexibility index (Phi) is 7.37. The Bertz CT molecular complexity index is 830. The lowest BCUT2D eigenvalue weighted by atomic mass is 10.0. The molecule has 31 heavy (non-hydrogen) atoms. The minimum absolute atomic E-state index is 0.0580. The second kappa shape index (κ2) is 10.4. The number of piperazine rings is 1. The maximum absolute atomic E-state index is 5.58. The summed E-state index contributed by atoms with van der Waals surface area (Å²) in [6.07, 6.45) is 5.42. The van der Waals surface area contributed by atoms with Gasteiger partial charge in [0, 0.05) is 39.3 Å². The predicted molar refractivity (Wildman–Crippen MR) is 116 cm³/mol. The molecule has 170 valence electrons. The molecule has 1 saturated heterocycles. The van der Waals surface area contributed by atoms with Crippen LogP contribution in [-0.4, -0.2) is 90.2 Å². The third-order valence-electron chi connectivity index (χ3n) is 6.59. The van der Waals surface area contributed by atoms with E-state index in [0.29, 0.717) is 18.9 Å². The molecule has 1 aromatic heterocycles. The molecule has 0 spiro atoms. The normalized spacial score (nSPS) is 19.6. The summed E-state index contributed by atoms with van der Waals surface area (Å²) < 4.78 is 18.1. The fourth-order valence-electron chi connectivity index (χ4n) is 4.92. The largest absolute Gasteiger partial charge is 0.493 e. The SMILES string of the molecule is COCCn1nnnc1[C@H](c1ccc(OC)c(OC)c1)N1CCN(C2CCCC2)CC1. The van der Waals surface area contributed by atoms with E-state index in [4.69, 9.17) is 14.2 Å². The average molecular weight is 431 g/mol. The highest BCUT2D eigenvalue weighted by atomic mass is 16.5. The Hall–Kier alpha value is -2.23. The van der Waals surface area contributed by atoms with Gasteiger partial charge in [-0.3, -0.25) is 9.80 Å². The molecule has 0 amide bonds. The maximum atomic E-state index is 5.58. The smallest absolute Gasteiger partial charge is 0.173 e. The van der Waals surface area contributed by atoms with Crippen molar-refractivity contribution in [3.05, 3.63) is 29.6 Å². The molecule has 1 saturated carbocycles. The van der Waals surface area contributed by atoms with Crippen molar-refractivity contribution in [3.8, 4) is 11.5 Å². The number of tetrazole rings is 1. The summed E-state index contributed by atoms with van der Waals surface area (Å²) in [6.45, 7) is 5.29. The van der Waals surface area contributed by atoms with E-state index in [9.17, 15) is 0 Å². The summed E-state index contributed by atoms with van der Waals surface area (Å²) in [5.41, 5.74) is 1.10. The van der Waals surface area contributed by atoms with Gasteiger partial charge in [-0.1, -0.05) is 18.9 Å². The van der Waals surface area contributed by atoms with Gasteiger partial charge in [0.2, 0.25) is 0 Å². The van der Waals surface area contributed by atoms with Gasteiger partial charge >= 0.3 is 0 Å². The van der Waals surface area contributed by atoms with Crippen LogP contribution in [0.25, 0.3) is 0 Å². The van der Waals surface area contributed by atoms with Crippen molar-refractivity contribution in [1.29, 1.82) is 0 Å². The zero-order chi connectivity index (χ0) is 21.6. The zero-order valence-electron chi connectivity index (χ0n) is 18.9. The van der Waals surface area contributed by atoms with Crippen LogP contribution in [-0.2, 0) is 11.3 Å². The van der Waals surface area contributed by atoms with Crippen molar-refractivity contribution in [1.82, 2.24) is 30.0 Å². The minimum atomic E-state index is -0.0580. The third kappa shape index (κ3) is 4.83. The van der Waals surface area contributed by atoms with Crippen LogP contribution in [0.1, 0.15) is 43.1 Å². The summed E-state index contributed by atoms with van der Waals surface area (Å²) in [4.78, 5) is 5.16. The molecule has 2 fully saturated rings. The van der Waals surface area contributed by atoms with Crippen molar-refractivity contribution in [2.24, 2.45) is 0 Å². The van der Waals surface area contributed by atoms with Gasteiger partial charge in [-0.15, -0.1) is 5.10 Å². The van der Waals surface area contributed by atoms with Crippen molar-refractivity contribution in [2.45, 2.75) is 44.3 Å². The van der Waals surface area contributed by atoms with Gasteiger partial charge in [0.15, 0.2) is 17.3 Å². The molecule has 0 bridgehead atoms. The van der Waals surface area contributed by atoms with Crippen molar-refractivity contribution >= 4 is 0 Å². The lowest BCUT2D eigenvalue weighted by Crippen LogP contribution is -2.51. The molecular formula is C22H34N6O3. The molecule has 1 aromatic carbocycles. The van der Waals surface area contributed by atoms with E-state index < -0.39 is 0 Å². The molecular weight excluding hydrogens is 396 g/mol. The van der Waals surface area contributed by atoms with Crippen molar-refractivity contribution in [2.75, 3.05) is 54.1 Å². The number of hydrogen-bond donors (Lipinski definition) is 0. The summed E-state index contributed by atoms with van der Waals surface area (Å²) in [5.74, 6) is 2.26. The molecule has 9 nitrogen and oxygen atoms in total. The number of aromatic nitrogens is 4. The molecule has 1 aliphatic carbocycles. The number of ether oxygens (including phenoxy) is 3. The Balaban J connectivity index is 1.61. The lowest BCUT2D eigenvalue weighted by molar-refractivity contribution is 0.0762. The molecule has 2 aromatic rings. The van der Waals surface area contributed by atoms with Crippen LogP contribution in [0.4, 0.5) is 0 Å². The van der Waals surface area contributed by atoms with E-state index in [2.05, 4.69) is 31.4 Å². The van der Waals surface area contributed by atoms with Crippen molar-refractivity contribution in [3.63, 3.8) is 0 Å². The van der Waals surface area contributed by atoms with Gasteiger partial charge in [-0.2, -0.15) is 0 Å². The van der Waals surface area contributed by atoms with Crippen LogP contribution in [0, 0.1) is 0 Å². The fraction of sp³-hybridized carbons (Fsp3) is 0.682. The van der Waals surface area contributed by atoms with Gasteiger partial charge in [0.05, 0.1) is 33.4 Å². The van der Waals surface area contributed by atoms with Crippen LogP contribution >= 0.6 is 0 Å². The minimum Gasteiger partial charge on any atom is -0.493 e. The molecule has 2 heterocycles. The molecule has 1 aliphatic heterocycles. The van der Waals surface area contributed by atoms with E-state index in [1.54, 1.807) is 21.3 Å². The molecule has 4 rings (SSSR count). The Morgan fingerprint density at radius 2 is 1.74 bits per heavy atom. The third-order valence-corrected chi connectivity index (χ3v) is 6.59. The van der Waals surface area contributed by atoms with Crippen LogP contribution in [0.2, 0.25) is 0 Å². The molecule has 2 aliphatic rings. The second-order valence-electron chi connectivity index (χ2n) is 8.28. The summed E-state index contributed by atoms with van der Waals surface area (Å²) in [5, 5.41) is 12.7. The van der Waals surface area contributed by atoms with E-state index in [0.717, 1.165) is 49.4 Å². The predicted octanol–water partition coefficient (Wildman–Crippen LogP) is 1.99. The number of benzene rings is 1. The Morgan fingerprint density at radius 1 is 1.00 bits per heavy atom. The van der Waals surface area contributed by atoms with E-state index in [-0.39, 0.29) is 6.04 Å². The lowest BCUT2D eigenvalue weighted by Gasteiger charge is -2.41. The number of rotatable bonds is 9. The van der Waals surface area contributed by atoms with Gasteiger partial charge in [-0.05, 0) is 41.0 Å². The van der Waals surface area contributed by atoms with Crippen LogP contribution in [0.5, 0.6) is 11.5 Å². The number of methoxy groups -OCH3 is 3. The second-order valence-corrected chi connectivity index (χ2v) is 8.28. The van der Waals surface area contributed by atoms with Crippen LogP contribution in [0.15, 0.2) is 18.2 Å². The highest BCUT2D eigenvalue weighted by Gasteiger charge is 2.33. The summed E-state index contributed by atoms with van der Waals surface area (Å²) in [7, 11) is 5.01. The molecule has 0 radical (unpaired) electrons. The van der Waals surface area contributed by atoms with Gasteiger partial charge in [0.1, 0.15) is 0 Å². The standard InChI is InChI=1S/C22H34N6O3/c1-29-15-14-28-22(23-24-25-28)21(17-8-9-19(30-2)20(16-17)31-3)27-12-10-26(11-13-27)18-6-4-5-7-18/h8-9,16,18,21H,4-7,10-15H2,1-3H3/t21-/m0/s1. The molecule has 0 N–H and O–H groups in total. The first-order valence-electron chi connectivity index (χ1n) is 11.2. The molecule has 1 atom stereocenters. The zero-order valence-corrected chi connectivity index (χ0v) is 18.9. The average Bonchev–Trinajstić information content (AvgIpc) is 3.51. The van der Waals surface area contributed by atoms with E-state index >= 15 is 0 Å². The molecule has 0 unspecified atom stereocenters. The number of hydrogen-bond acceptors (Lipinski definition) is 8. The molecule has 9 heteroatoms. The first kappa shape index (κ1) is 22.0. The first-order valence-corrected chi connectivity index (χ1v) is 11.2. The fourth-order valence-corrected chi connectivity index (χ4v) is 4.92. The monoisotopic (exact) mass is 430 g/mol. The summed E-state index contributed by atoms with van der Waals surface area (Å²) in [6, 6.07) is 6.79. The van der Waals surface area contributed by atoms with E-state index in [1.807, 2.05) is 16.8 Å². The van der Waals surface area contributed by atoms with E-state index in [1.165, 1.54) is 25.7 Å². The van der Waals surface area contributed by atoms with Crippen LogP contribution < -0.4 is 9.47 Å². The first-order chi connectivity index (χ1) is 15.2. The number of nitrogens with zero attached hydrogens (tertiary/aromatic N) is 6. The highest BCUT2D eigenvalue weighted by molar-refractivity contribution is 5.45. The summed E-state index contributed by atoms with van der Waals surface area (Å²) >= 11 is 0. The van der Waals surface area contributed by atoms with Gasteiger partial charge in [0.25, 0.3) is 0 Å². The topological polar surface area (TPSA) is 77.8 Å². The Labute approximate surface area is 184 Å². The van der Waals surface area contributed by atoms with Gasteiger partial charge in [-0.25, -0.2) is 4.68 Å². The maximum Gasteiger partial charge on any atom is 0.173 e.